The summed E-state index contributed by atoms with van der Waals surface area (Å²) in [4.78, 5) is 26.2. The van der Waals surface area contributed by atoms with Crippen molar-refractivity contribution in [2.75, 3.05) is 13.1 Å². The van der Waals surface area contributed by atoms with Crippen molar-refractivity contribution >= 4 is 12.1 Å². The zero-order valence-electron chi connectivity index (χ0n) is 18.1. The highest BCUT2D eigenvalue weighted by Crippen LogP contribution is 2.15. The van der Waals surface area contributed by atoms with E-state index < -0.39 is 23.3 Å². The van der Waals surface area contributed by atoms with Gasteiger partial charge in [0.05, 0.1) is 0 Å². The molecule has 0 unspecified atom stereocenters. The average Bonchev–Trinajstić information content (AvgIpc) is 2.46. The number of carbonyl (C=O) groups excluding carboxylic acids is 2. The van der Waals surface area contributed by atoms with E-state index in [1.807, 2.05) is 41.5 Å². The number of carbonyl (C=O) groups is 2. The van der Waals surface area contributed by atoms with Gasteiger partial charge in [0.2, 0.25) is 0 Å². The number of aryl methyl sites for hydroxylation is 3. The van der Waals surface area contributed by atoms with E-state index in [9.17, 15) is 9.59 Å². The van der Waals surface area contributed by atoms with Crippen LogP contribution in [0, 0.1) is 13.8 Å². The molecule has 0 saturated carbocycles. The molecule has 0 aliphatic heterocycles. The summed E-state index contributed by atoms with van der Waals surface area (Å²) < 4.78 is 10.8. The van der Waals surface area contributed by atoms with Gasteiger partial charge in [0.1, 0.15) is 17.7 Å². The van der Waals surface area contributed by atoms with E-state index in [4.69, 9.17) is 9.47 Å². The highest BCUT2D eigenvalue weighted by atomic mass is 16.6. The molecule has 27 heavy (non-hydrogen) atoms. The van der Waals surface area contributed by atoms with Crippen LogP contribution >= 0.6 is 0 Å². The number of benzene rings is 1. The summed E-state index contributed by atoms with van der Waals surface area (Å²) in [6.07, 6.45) is 1.09. The molecule has 0 fully saturated rings. The van der Waals surface area contributed by atoms with Crippen molar-refractivity contribution in [3.05, 3.63) is 34.9 Å². The summed E-state index contributed by atoms with van der Waals surface area (Å²) in [5.41, 5.74) is 2.51. The second-order valence-electron chi connectivity index (χ2n) is 9.02. The number of hydrogen-bond donors (Lipinski definition) is 0. The lowest BCUT2D eigenvalue weighted by molar-refractivity contribution is -0.156. The van der Waals surface area contributed by atoms with Crippen molar-refractivity contribution < 1.29 is 19.1 Å². The summed E-state index contributed by atoms with van der Waals surface area (Å²) in [5, 5.41) is 0. The van der Waals surface area contributed by atoms with Gasteiger partial charge in [-0.2, -0.15) is 0 Å². The maximum atomic E-state index is 12.5. The summed E-state index contributed by atoms with van der Waals surface area (Å²) in [5.74, 6) is -0.430. The van der Waals surface area contributed by atoms with Crippen LogP contribution in [0.2, 0.25) is 0 Å². The number of esters is 1. The normalized spacial score (nSPS) is 11.9. The van der Waals surface area contributed by atoms with E-state index in [-0.39, 0.29) is 6.54 Å². The molecule has 1 aromatic carbocycles. The lowest BCUT2D eigenvalue weighted by atomic mass is 10.0. The molecule has 0 N–H and O–H groups in total. The molecule has 5 nitrogen and oxygen atoms in total. The lowest BCUT2D eigenvalue weighted by Gasteiger charge is -2.28. The van der Waals surface area contributed by atoms with Gasteiger partial charge in [-0.1, -0.05) is 23.8 Å². The molecular weight excluding hydrogens is 342 g/mol. The lowest BCUT2D eigenvalue weighted by Crippen LogP contribution is -2.42. The molecule has 0 radical (unpaired) electrons. The minimum Gasteiger partial charge on any atom is -0.459 e. The number of nitrogens with zero attached hydrogens (tertiary/aromatic N) is 1. The van der Waals surface area contributed by atoms with Crippen LogP contribution in [0.5, 0.6) is 0 Å². The van der Waals surface area contributed by atoms with Crippen LogP contribution in [-0.2, 0) is 20.7 Å². The molecule has 0 aliphatic rings. The smallest absolute Gasteiger partial charge is 0.410 e. The Labute approximate surface area is 164 Å². The molecule has 0 bridgehead atoms. The van der Waals surface area contributed by atoms with Gasteiger partial charge in [-0.25, -0.2) is 4.79 Å². The SMILES string of the molecule is Cc1ccc(C)c(CCCN(CC(=O)OC(C)(C)C)C(=O)OC(C)(C)C)c1. The number of ether oxygens (including phenoxy) is 2. The van der Waals surface area contributed by atoms with E-state index in [0.717, 1.165) is 12.8 Å². The number of amides is 1. The van der Waals surface area contributed by atoms with E-state index in [2.05, 4.69) is 32.0 Å². The molecule has 152 valence electrons. The predicted molar refractivity (Wildman–Crippen MR) is 108 cm³/mol. The quantitative estimate of drug-likeness (QED) is 0.667. The molecule has 0 atom stereocenters. The molecule has 0 heterocycles. The Balaban J connectivity index is 2.76. The van der Waals surface area contributed by atoms with Crippen LogP contribution in [0.4, 0.5) is 4.79 Å². The van der Waals surface area contributed by atoms with Crippen LogP contribution in [0.1, 0.15) is 64.7 Å². The molecule has 1 rings (SSSR count). The Morgan fingerprint density at radius 2 is 1.56 bits per heavy atom. The topological polar surface area (TPSA) is 55.8 Å². The van der Waals surface area contributed by atoms with Crippen molar-refractivity contribution in [1.82, 2.24) is 4.90 Å². The summed E-state index contributed by atoms with van der Waals surface area (Å²) >= 11 is 0. The van der Waals surface area contributed by atoms with Crippen LogP contribution in [0.25, 0.3) is 0 Å². The number of hydrogen-bond acceptors (Lipinski definition) is 4. The predicted octanol–water partition coefficient (Wildman–Crippen LogP) is 4.81. The Morgan fingerprint density at radius 1 is 0.963 bits per heavy atom. The second-order valence-corrected chi connectivity index (χ2v) is 9.02. The fraction of sp³-hybridized carbons (Fsp3) is 0.636. The van der Waals surface area contributed by atoms with Crippen molar-refractivity contribution in [1.29, 1.82) is 0 Å². The maximum Gasteiger partial charge on any atom is 0.410 e. The molecular formula is C22H35NO4. The van der Waals surface area contributed by atoms with Crippen molar-refractivity contribution in [2.24, 2.45) is 0 Å². The van der Waals surface area contributed by atoms with Crippen LogP contribution in [0.3, 0.4) is 0 Å². The molecule has 0 spiro atoms. The third kappa shape index (κ3) is 9.45. The Kier molecular flexibility index (Phi) is 7.88. The minimum absolute atomic E-state index is 0.112. The molecule has 5 heteroatoms. The van der Waals surface area contributed by atoms with Crippen molar-refractivity contribution in [3.8, 4) is 0 Å². The highest BCUT2D eigenvalue weighted by molar-refractivity contribution is 5.78. The van der Waals surface area contributed by atoms with Gasteiger partial charge in [-0.05, 0) is 79.4 Å². The van der Waals surface area contributed by atoms with Gasteiger partial charge in [0.25, 0.3) is 0 Å². The standard InChI is InChI=1S/C22H35NO4/c1-16-11-12-17(2)18(14-16)10-9-13-23(20(25)27-22(6,7)8)15-19(24)26-21(3,4)5/h11-12,14H,9-10,13,15H2,1-8H3. The van der Waals surface area contributed by atoms with E-state index in [0.29, 0.717) is 6.54 Å². The van der Waals surface area contributed by atoms with Gasteiger partial charge in [0.15, 0.2) is 0 Å². The van der Waals surface area contributed by atoms with Crippen LogP contribution < -0.4 is 0 Å². The Morgan fingerprint density at radius 3 is 2.11 bits per heavy atom. The maximum absolute atomic E-state index is 12.5. The summed E-state index contributed by atoms with van der Waals surface area (Å²) in [6, 6.07) is 6.37. The molecule has 0 saturated heterocycles. The van der Waals surface area contributed by atoms with Crippen molar-refractivity contribution in [2.45, 2.75) is 79.4 Å². The van der Waals surface area contributed by atoms with Gasteiger partial charge in [-0.15, -0.1) is 0 Å². The minimum atomic E-state index is -0.615. The van der Waals surface area contributed by atoms with Gasteiger partial charge < -0.3 is 9.47 Å². The second kappa shape index (κ2) is 9.25. The summed E-state index contributed by atoms with van der Waals surface area (Å²) in [6.45, 7) is 15.3. The van der Waals surface area contributed by atoms with Crippen LogP contribution in [0.15, 0.2) is 18.2 Å². The third-order valence-corrected chi connectivity index (χ3v) is 3.77. The van der Waals surface area contributed by atoms with E-state index in [1.165, 1.54) is 21.6 Å². The van der Waals surface area contributed by atoms with Crippen molar-refractivity contribution in [3.63, 3.8) is 0 Å². The first-order valence-corrected chi connectivity index (χ1v) is 9.53. The molecule has 0 aliphatic carbocycles. The first kappa shape index (κ1) is 23.0. The average molecular weight is 378 g/mol. The molecule has 1 amide bonds. The molecule has 0 aromatic heterocycles. The Hall–Kier alpha value is -2.04. The molecule has 1 aromatic rings. The third-order valence-electron chi connectivity index (χ3n) is 3.77. The monoisotopic (exact) mass is 377 g/mol. The van der Waals surface area contributed by atoms with Gasteiger partial charge in [-0.3, -0.25) is 9.69 Å². The fourth-order valence-corrected chi connectivity index (χ4v) is 2.62. The zero-order valence-corrected chi connectivity index (χ0v) is 18.1. The highest BCUT2D eigenvalue weighted by Gasteiger charge is 2.26. The largest absolute Gasteiger partial charge is 0.459 e. The fourth-order valence-electron chi connectivity index (χ4n) is 2.62. The first-order valence-electron chi connectivity index (χ1n) is 9.53. The number of rotatable bonds is 6. The van der Waals surface area contributed by atoms with Crippen LogP contribution in [-0.4, -0.2) is 41.3 Å². The summed E-state index contributed by atoms with van der Waals surface area (Å²) in [7, 11) is 0. The zero-order chi connectivity index (χ0) is 20.8. The first-order chi connectivity index (χ1) is 12.3. The van der Waals surface area contributed by atoms with E-state index in [1.54, 1.807) is 0 Å². The van der Waals surface area contributed by atoms with Gasteiger partial charge in [0, 0.05) is 6.54 Å². The van der Waals surface area contributed by atoms with E-state index >= 15 is 0 Å². The van der Waals surface area contributed by atoms with Gasteiger partial charge >= 0.3 is 12.1 Å². The Bertz CT molecular complexity index is 653.